The summed E-state index contributed by atoms with van der Waals surface area (Å²) in [5.41, 5.74) is 9.63. The van der Waals surface area contributed by atoms with Crippen LogP contribution >= 0.6 is 0 Å². The van der Waals surface area contributed by atoms with Gasteiger partial charge in [-0.2, -0.15) is 18.3 Å². The Kier molecular flexibility index (Phi) is 6.42. The Labute approximate surface area is 219 Å². The number of imidazole rings is 1. The van der Waals surface area contributed by atoms with E-state index >= 15 is 0 Å². The molecule has 3 aromatic heterocycles. The van der Waals surface area contributed by atoms with Crippen molar-refractivity contribution in [2.24, 2.45) is 25.2 Å². The van der Waals surface area contributed by atoms with Gasteiger partial charge in [-0.25, -0.2) is 9.78 Å². The zero-order valence-electron chi connectivity index (χ0n) is 22.4. The molecule has 2 aliphatic rings. The molecule has 2 unspecified atom stereocenters. The number of pyridine rings is 1. The Morgan fingerprint density at radius 2 is 1.89 bits per heavy atom. The minimum absolute atomic E-state index is 0.0655. The maximum Gasteiger partial charge on any atom is 0.435 e. The highest BCUT2D eigenvalue weighted by Crippen LogP contribution is 2.35. The van der Waals surface area contributed by atoms with Crippen LogP contribution in [0.3, 0.4) is 0 Å². The number of hydrogen-bond acceptors (Lipinski definition) is 5. The van der Waals surface area contributed by atoms with Crippen LogP contribution in [-0.4, -0.2) is 47.9 Å². The van der Waals surface area contributed by atoms with Gasteiger partial charge in [0.1, 0.15) is 0 Å². The predicted molar refractivity (Wildman–Crippen MR) is 140 cm³/mol. The van der Waals surface area contributed by atoms with Gasteiger partial charge in [-0.05, 0) is 29.5 Å². The Bertz CT molecular complexity index is 1500. The van der Waals surface area contributed by atoms with Gasteiger partial charge in [-0.15, -0.1) is 0 Å². The summed E-state index contributed by atoms with van der Waals surface area (Å²) < 4.78 is 44.8. The number of halogens is 3. The summed E-state index contributed by atoms with van der Waals surface area (Å²) in [5.74, 6) is -0.186. The smallest absolute Gasteiger partial charge is 0.324 e. The van der Waals surface area contributed by atoms with Crippen molar-refractivity contribution in [2.75, 3.05) is 13.1 Å². The van der Waals surface area contributed by atoms with Gasteiger partial charge in [0, 0.05) is 57.8 Å². The maximum atomic E-state index is 13.4. The quantitative estimate of drug-likeness (QED) is 0.559. The summed E-state index contributed by atoms with van der Waals surface area (Å²) in [5, 5.41) is 3.75. The van der Waals surface area contributed by atoms with E-state index in [1.807, 2.05) is 24.3 Å². The fourth-order valence-corrected chi connectivity index (χ4v) is 5.49. The molecule has 0 bridgehead atoms. The first-order valence-corrected chi connectivity index (χ1v) is 12.8. The van der Waals surface area contributed by atoms with E-state index in [0.29, 0.717) is 49.5 Å². The Morgan fingerprint density at radius 3 is 2.58 bits per heavy atom. The van der Waals surface area contributed by atoms with Crippen LogP contribution < -0.4 is 11.4 Å². The van der Waals surface area contributed by atoms with Gasteiger partial charge in [0.25, 0.3) is 0 Å². The molecule has 11 heteroatoms. The number of nitrogens with zero attached hydrogens (tertiary/aromatic N) is 6. The van der Waals surface area contributed by atoms with E-state index in [2.05, 4.69) is 36.8 Å². The van der Waals surface area contributed by atoms with E-state index in [0.717, 1.165) is 16.8 Å². The van der Waals surface area contributed by atoms with E-state index in [4.69, 9.17) is 10.7 Å². The average molecular weight is 530 g/mol. The van der Waals surface area contributed by atoms with E-state index in [9.17, 15) is 18.0 Å². The van der Waals surface area contributed by atoms with Gasteiger partial charge in [0.05, 0.1) is 16.9 Å². The van der Waals surface area contributed by atoms with Crippen molar-refractivity contribution in [3.05, 3.63) is 69.1 Å². The van der Waals surface area contributed by atoms with E-state index in [1.54, 1.807) is 23.2 Å². The Hall–Kier alpha value is -3.18. The molecule has 3 aromatic rings. The molecule has 0 saturated carbocycles. The van der Waals surface area contributed by atoms with Crippen LogP contribution in [0.25, 0.3) is 11.2 Å². The molecule has 0 fully saturated rings. The third-order valence-corrected chi connectivity index (χ3v) is 7.32. The lowest BCUT2D eigenvalue weighted by molar-refractivity contribution is -0.142. The summed E-state index contributed by atoms with van der Waals surface area (Å²) in [6.45, 7) is 8.33. The van der Waals surface area contributed by atoms with Gasteiger partial charge < -0.3 is 5.73 Å². The van der Waals surface area contributed by atoms with Crippen LogP contribution in [0.2, 0.25) is 0 Å². The van der Waals surface area contributed by atoms with Crippen molar-refractivity contribution in [3.63, 3.8) is 0 Å². The van der Waals surface area contributed by atoms with Crippen LogP contribution in [0.1, 0.15) is 49.3 Å². The number of nitrogens with two attached hydrogens (primary N) is 1. The Balaban J connectivity index is 1.39. The van der Waals surface area contributed by atoms with Gasteiger partial charge in [0.2, 0.25) is 0 Å². The molecule has 8 nitrogen and oxygen atoms in total. The molecule has 38 heavy (non-hydrogen) atoms. The van der Waals surface area contributed by atoms with Crippen molar-refractivity contribution in [1.82, 2.24) is 28.8 Å². The van der Waals surface area contributed by atoms with Gasteiger partial charge in [0.15, 0.2) is 11.3 Å². The minimum atomic E-state index is -4.45. The zero-order valence-corrected chi connectivity index (χ0v) is 22.4. The summed E-state index contributed by atoms with van der Waals surface area (Å²) in [6.07, 6.45) is 1.86. The molecule has 1 aliphatic heterocycles. The summed E-state index contributed by atoms with van der Waals surface area (Å²) in [6, 6.07) is 3.59. The van der Waals surface area contributed by atoms with E-state index in [-0.39, 0.29) is 23.1 Å². The van der Waals surface area contributed by atoms with Crippen LogP contribution in [0.15, 0.2) is 40.7 Å². The second kappa shape index (κ2) is 9.23. The Morgan fingerprint density at radius 1 is 1.16 bits per heavy atom. The summed E-state index contributed by atoms with van der Waals surface area (Å²) in [4.78, 5) is 19.9. The second-order valence-corrected chi connectivity index (χ2v) is 11.6. The maximum absolute atomic E-state index is 13.4. The lowest BCUT2D eigenvalue weighted by Gasteiger charge is -2.30. The highest BCUT2D eigenvalue weighted by atomic mass is 19.4. The van der Waals surface area contributed by atoms with Crippen molar-refractivity contribution in [1.29, 1.82) is 0 Å². The highest BCUT2D eigenvalue weighted by Gasteiger charge is 2.40. The van der Waals surface area contributed by atoms with E-state index in [1.165, 1.54) is 4.68 Å². The molecule has 0 saturated heterocycles. The molecule has 0 aromatic carbocycles. The van der Waals surface area contributed by atoms with Crippen LogP contribution in [-0.2, 0) is 39.8 Å². The van der Waals surface area contributed by atoms with Gasteiger partial charge in [-0.1, -0.05) is 39.0 Å². The highest BCUT2D eigenvalue weighted by molar-refractivity contribution is 5.72. The SMILES string of the molecule is Cn1nc(C(F)(F)F)c2c1CN(CC1=CC(c3ccc4c(n3)n(C)c(=O)n4CC(C)(C)C)C(N)C=C1)CC2. The zero-order chi connectivity index (χ0) is 27.6. The molecule has 5 rings (SSSR count). The largest absolute Gasteiger partial charge is 0.435 e. The summed E-state index contributed by atoms with van der Waals surface area (Å²) >= 11 is 0. The molecule has 4 heterocycles. The first kappa shape index (κ1) is 26.4. The molecule has 0 radical (unpaired) electrons. The molecular weight excluding hydrogens is 495 g/mol. The van der Waals surface area contributed by atoms with Gasteiger partial charge in [-0.3, -0.25) is 18.7 Å². The van der Waals surface area contributed by atoms with Crippen molar-refractivity contribution in [2.45, 2.75) is 58.4 Å². The standard InChI is InChI=1S/C27H34F3N7O/c1-26(2,3)15-37-21-9-8-20(32-24(21)34(4)25(37)38)18-12-16(6-7-19(18)31)13-36-11-10-17-22(14-36)35(5)33-23(17)27(28,29)30/h6-9,12,18-19H,10-11,13-15,31H2,1-5H3. The fraction of sp³-hybridized carbons (Fsp3) is 0.519. The molecule has 204 valence electrons. The lowest BCUT2D eigenvalue weighted by Crippen LogP contribution is -2.34. The number of aromatic nitrogens is 5. The third-order valence-electron chi connectivity index (χ3n) is 7.32. The monoisotopic (exact) mass is 529 g/mol. The summed E-state index contributed by atoms with van der Waals surface area (Å²) in [7, 11) is 3.30. The molecule has 0 amide bonds. The fourth-order valence-electron chi connectivity index (χ4n) is 5.49. The number of alkyl halides is 3. The molecular formula is C27H34F3N7O. The van der Waals surface area contributed by atoms with Crippen molar-refractivity contribution >= 4 is 11.2 Å². The molecule has 2 atom stereocenters. The minimum Gasteiger partial charge on any atom is -0.324 e. The number of aryl methyl sites for hydroxylation is 2. The number of rotatable bonds is 4. The van der Waals surface area contributed by atoms with Crippen LogP contribution in [0, 0.1) is 5.41 Å². The van der Waals surface area contributed by atoms with Crippen molar-refractivity contribution < 1.29 is 13.2 Å². The predicted octanol–water partition coefficient (Wildman–Crippen LogP) is 3.50. The topological polar surface area (TPSA) is 86.9 Å². The van der Waals surface area contributed by atoms with Crippen LogP contribution in [0.5, 0.6) is 0 Å². The van der Waals surface area contributed by atoms with Crippen LogP contribution in [0.4, 0.5) is 13.2 Å². The van der Waals surface area contributed by atoms with Crippen molar-refractivity contribution in [3.8, 4) is 0 Å². The van der Waals surface area contributed by atoms with Gasteiger partial charge >= 0.3 is 11.9 Å². The first-order valence-electron chi connectivity index (χ1n) is 12.8. The molecule has 0 spiro atoms. The molecule has 2 N–H and O–H groups in total. The normalized spacial score (nSPS) is 20.7. The van der Waals surface area contributed by atoms with E-state index < -0.39 is 11.9 Å². The number of hydrogen-bond donors (Lipinski definition) is 1. The molecule has 1 aliphatic carbocycles. The first-order chi connectivity index (χ1) is 17.7. The lowest BCUT2D eigenvalue weighted by atomic mass is 9.88. The second-order valence-electron chi connectivity index (χ2n) is 11.6. The number of fused-ring (bicyclic) bond motifs is 2. The third kappa shape index (κ3) is 4.84. The average Bonchev–Trinajstić information content (AvgIpc) is 3.29.